The van der Waals surface area contributed by atoms with Gasteiger partial charge in [0, 0.05) is 31.4 Å². The molecule has 2 aromatic rings. The molecule has 0 spiro atoms. The van der Waals surface area contributed by atoms with Crippen molar-refractivity contribution in [3.05, 3.63) is 24.9 Å². The van der Waals surface area contributed by atoms with Crippen LogP contribution in [0.5, 0.6) is 0 Å². The van der Waals surface area contributed by atoms with Crippen LogP contribution >= 0.6 is 0 Å². The quantitative estimate of drug-likeness (QED) is 0.869. The number of imidazole rings is 1. The zero-order valence-corrected chi connectivity index (χ0v) is 10.5. The number of nitrogens with zero attached hydrogens (tertiary/aromatic N) is 4. The summed E-state index contributed by atoms with van der Waals surface area (Å²) in [7, 11) is 1.91. The molecule has 0 bridgehead atoms. The Morgan fingerprint density at radius 3 is 2.65 bits per heavy atom. The van der Waals surface area contributed by atoms with Gasteiger partial charge in [-0.05, 0) is 5.92 Å². The van der Waals surface area contributed by atoms with Crippen LogP contribution in [0.1, 0.15) is 19.9 Å². The molecule has 0 aliphatic carbocycles. The molecule has 1 atom stereocenters. The number of nitrogens with two attached hydrogens (primary N) is 1. The second kappa shape index (κ2) is 4.71. The van der Waals surface area contributed by atoms with Crippen molar-refractivity contribution in [1.82, 2.24) is 19.3 Å². The van der Waals surface area contributed by atoms with E-state index in [4.69, 9.17) is 5.73 Å². The van der Waals surface area contributed by atoms with Gasteiger partial charge in [-0.1, -0.05) is 13.8 Å². The van der Waals surface area contributed by atoms with Crippen molar-refractivity contribution in [2.75, 3.05) is 6.54 Å². The van der Waals surface area contributed by atoms with Crippen LogP contribution in [0.2, 0.25) is 0 Å². The summed E-state index contributed by atoms with van der Waals surface area (Å²) in [5, 5.41) is 4.19. The van der Waals surface area contributed by atoms with Crippen LogP contribution in [0, 0.1) is 5.92 Å². The lowest BCUT2D eigenvalue weighted by Crippen LogP contribution is -2.24. The van der Waals surface area contributed by atoms with E-state index in [0.29, 0.717) is 12.5 Å². The minimum Gasteiger partial charge on any atom is -0.328 e. The Balaban J connectivity index is 2.40. The lowest BCUT2D eigenvalue weighted by atomic mass is 10.0. The van der Waals surface area contributed by atoms with Gasteiger partial charge in [-0.2, -0.15) is 5.10 Å². The van der Waals surface area contributed by atoms with Crippen molar-refractivity contribution in [2.45, 2.75) is 19.9 Å². The molecule has 0 saturated carbocycles. The Hall–Kier alpha value is -1.62. The van der Waals surface area contributed by atoms with Crippen LogP contribution in [-0.4, -0.2) is 25.9 Å². The summed E-state index contributed by atoms with van der Waals surface area (Å²) in [5.41, 5.74) is 7.99. The third-order valence-corrected chi connectivity index (χ3v) is 3.04. The maximum atomic E-state index is 5.85. The predicted molar refractivity (Wildman–Crippen MR) is 67.4 cm³/mol. The molecule has 0 aliphatic heterocycles. The maximum Gasteiger partial charge on any atom is 0.0954 e. The summed E-state index contributed by atoms with van der Waals surface area (Å²) in [4.78, 5) is 4.23. The molecular formula is C12H19N5. The van der Waals surface area contributed by atoms with E-state index in [1.165, 1.54) is 0 Å². The normalized spacial score (nSPS) is 13.2. The largest absolute Gasteiger partial charge is 0.328 e. The van der Waals surface area contributed by atoms with E-state index in [2.05, 4.69) is 28.5 Å². The monoisotopic (exact) mass is 233 g/mol. The average molecular weight is 233 g/mol. The summed E-state index contributed by atoms with van der Waals surface area (Å²) in [6.45, 7) is 4.95. The molecule has 2 rings (SSSR count). The molecule has 2 N–H and O–H groups in total. The van der Waals surface area contributed by atoms with Gasteiger partial charge >= 0.3 is 0 Å². The van der Waals surface area contributed by atoms with Crippen molar-refractivity contribution in [3.8, 4) is 11.3 Å². The van der Waals surface area contributed by atoms with Gasteiger partial charge in [0.2, 0.25) is 0 Å². The Labute approximate surface area is 101 Å². The van der Waals surface area contributed by atoms with Crippen molar-refractivity contribution in [2.24, 2.45) is 18.7 Å². The van der Waals surface area contributed by atoms with E-state index in [-0.39, 0.29) is 6.04 Å². The minimum absolute atomic E-state index is 0.271. The van der Waals surface area contributed by atoms with Crippen molar-refractivity contribution in [1.29, 1.82) is 0 Å². The van der Waals surface area contributed by atoms with E-state index in [1.807, 2.05) is 32.0 Å². The Bertz CT molecular complexity index is 483. The van der Waals surface area contributed by atoms with Gasteiger partial charge in [-0.3, -0.25) is 4.68 Å². The van der Waals surface area contributed by atoms with Crippen LogP contribution in [-0.2, 0) is 7.05 Å². The van der Waals surface area contributed by atoms with Crippen LogP contribution < -0.4 is 5.73 Å². The summed E-state index contributed by atoms with van der Waals surface area (Å²) in [6, 6.07) is 0.271. The maximum absolute atomic E-state index is 5.85. The molecule has 0 saturated heterocycles. The second-order valence-electron chi connectivity index (χ2n) is 4.64. The predicted octanol–water partition coefficient (Wildman–Crippen LogP) is 1.44. The molecule has 0 aromatic carbocycles. The molecule has 17 heavy (non-hydrogen) atoms. The van der Waals surface area contributed by atoms with E-state index >= 15 is 0 Å². The first-order valence-electron chi connectivity index (χ1n) is 5.84. The molecule has 0 amide bonds. The molecule has 0 radical (unpaired) electrons. The molecule has 92 valence electrons. The zero-order chi connectivity index (χ0) is 12.4. The topological polar surface area (TPSA) is 61.7 Å². The lowest BCUT2D eigenvalue weighted by molar-refractivity contribution is 0.387. The van der Waals surface area contributed by atoms with E-state index in [0.717, 1.165) is 11.3 Å². The molecule has 2 heterocycles. The molecule has 0 aliphatic rings. The lowest BCUT2D eigenvalue weighted by Gasteiger charge is -2.22. The van der Waals surface area contributed by atoms with Crippen molar-refractivity contribution in [3.63, 3.8) is 0 Å². The SMILES string of the molecule is CC(C)C(CN)n1cncc1-c1cnn(C)c1. The molecular weight excluding hydrogens is 214 g/mol. The highest BCUT2D eigenvalue weighted by Crippen LogP contribution is 2.25. The van der Waals surface area contributed by atoms with Crippen LogP contribution in [0.25, 0.3) is 11.3 Å². The number of aromatic nitrogens is 4. The number of aryl methyl sites for hydroxylation is 1. The fraction of sp³-hybridized carbons (Fsp3) is 0.500. The summed E-state index contributed by atoms with van der Waals surface area (Å²) in [6.07, 6.45) is 7.55. The highest BCUT2D eigenvalue weighted by Gasteiger charge is 2.17. The number of hydrogen-bond donors (Lipinski definition) is 1. The van der Waals surface area contributed by atoms with Gasteiger partial charge in [-0.15, -0.1) is 0 Å². The fourth-order valence-corrected chi connectivity index (χ4v) is 2.05. The van der Waals surface area contributed by atoms with Crippen molar-refractivity contribution < 1.29 is 0 Å². The third-order valence-electron chi connectivity index (χ3n) is 3.04. The second-order valence-corrected chi connectivity index (χ2v) is 4.64. The van der Waals surface area contributed by atoms with E-state index in [9.17, 15) is 0 Å². The third kappa shape index (κ3) is 2.24. The molecule has 1 unspecified atom stereocenters. The summed E-state index contributed by atoms with van der Waals surface area (Å²) < 4.78 is 3.93. The standard InChI is InChI=1S/C12H19N5/c1-9(2)11(4-13)17-8-14-6-12(17)10-5-15-16(3)7-10/h5-9,11H,4,13H2,1-3H3. The van der Waals surface area contributed by atoms with Gasteiger partial charge in [-0.25, -0.2) is 4.98 Å². The highest BCUT2D eigenvalue weighted by atomic mass is 15.2. The average Bonchev–Trinajstić information content (AvgIpc) is 2.87. The first-order chi connectivity index (χ1) is 8.13. The molecule has 2 aromatic heterocycles. The van der Waals surface area contributed by atoms with Gasteiger partial charge in [0.25, 0.3) is 0 Å². The first kappa shape index (κ1) is 11.9. The van der Waals surface area contributed by atoms with Crippen LogP contribution in [0.4, 0.5) is 0 Å². The van der Waals surface area contributed by atoms with Gasteiger partial charge in [0.1, 0.15) is 0 Å². The molecule has 0 fully saturated rings. The Morgan fingerprint density at radius 1 is 1.35 bits per heavy atom. The molecule has 5 heteroatoms. The van der Waals surface area contributed by atoms with Gasteiger partial charge in [0.15, 0.2) is 0 Å². The van der Waals surface area contributed by atoms with E-state index < -0.39 is 0 Å². The Morgan fingerprint density at radius 2 is 2.12 bits per heavy atom. The summed E-state index contributed by atoms with van der Waals surface area (Å²) >= 11 is 0. The highest BCUT2D eigenvalue weighted by molar-refractivity contribution is 5.56. The van der Waals surface area contributed by atoms with Crippen molar-refractivity contribution >= 4 is 0 Å². The number of hydrogen-bond acceptors (Lipinski definition) is 3. The van der Waals surface area contributed by atoms with Crippen LogP contribution in [0.15, 0.2) is 24.9 Å². The van der Waals surface area contributed by atoms with Gasteiger partial charge in [0.05, 0.1) is 24.4 Å². The first-order valence-corrected chi connectivity index (χ1v) is 5.84. The molecule has 5 nitrogen and oxygen atoms in total. The number of rotatable bonds is 4. The smallest absolute Gasteiger partial charge is 0.0954 e. The Kier molecular flexibility index (Phi) is 3.28. The zero-order valence-electron chi connectivity index (χ0n) is 10.5. The fourth-order valence-electron chi connectivity index (χ4n) is 2.05. The van der Waals surface area contributed by atoms with Gasteiger partial charge < -0.3 is 10.3 Å². The van der Waals surface area contributed by atoms with E-state index in [1.54, 1.807) is 4.68 Å². The summed E-state index contributed by atoms with van der Waals surface area (Å²) in [5.74, 6) is 0.477. The minimum atomic E-state index is 0.271. The van der Waals surface area contributed by atoms with Crippen LogP contribution in [0.3, 0.4) is 0 Å².